The van der Waals surface area contributed by atoms with Crippen molar-refractivity contribution >= 4 is 5.95 Å². The SMILES string of the molecule is CCc1cnc(N2CC[C@@H]3Cn4c(nn(Cc5ccc(C)cc5)c(=O)c4=O)[C@H]3C2)nc1. The largest absolute Gasteiger partial charge is 0.340 e. The van der Waals surface area contributed by atoms with E-state index in [0.717, 1.165) is 36.1 Å². The van der Waals surface area contributed by atoms with Crippen LogP contribution in [0.25, 0.3) is 0 Å². The molecule has 0 N–H and O–H groups in total. The monoisotopic (exact) mass is 418 g/mol. The van der Waals surface area contributed by atoms with Gasteiger partial charge in [-0.3, -0.25) is 14.2 Å². The van der Waals surface area contributed by atoms with Crippen LogP contribution < -0.4 is 16.0 Å². The lowest BCUT2D eigenvalue weighted by Crippen LogP contribution is -2.44. The Hall–Kier alpha value is -3.29. The first-order valence-corrected chi connectivity index (χ1v) is 10.9. The van der Waals surface area contributed by atoms with E-state index in [9.17, 15) is 9.59 Å². The number of aromatic nitrogens is 5. The van der Waals surface area contributed by atoms with Crippen LogP contribution in [0, 0.1) is 12.8 Å². The lowest BCUT2D eigenvalue weighted by molar-refractivity contribution is 0.360. The van der Waals surface area contributed by atoms with Gasteiger partial charge in [0, 0.05) is 37.9 Å². The second-order valence-corrected chi connectivity index (χ2v) is 8.57. The molecule has 0 radical (unpaired) electrons. The van der Waals surface area contributed by atoms with Crippen molar-refractivity contribution in [1.82, 2.24) is 24.3 Å². The van der Waals surface area contributed by atoms with E-state index in [4.69, 9.17) is 0 Å². The Morgan fingerprint density at radius 1 is 1.00 bits per heavy atom. The maximum absolute atomic E-state index is 12.8. The van der Waals surface area contributed by atoms with Crippen molar-refractivity contribution in [3.05, 3.63) is 79.9 Å². The van der Waals surface area contributed by atoms with Crippen LogP contribution in [0.5, 0.6) is 0 Å². The zero-order valence-corrected chi connectivity index (χ0v) is 17.9. The average molecular weight is 419 g/mol. The molecule has 4 heterocycles. The minimum absolute atomic E-state index is 0.0840. The standard InChI is InChI=1S/C23H26N6O2/c1-3-16-10-24-23(25-11-16)27-9-8-18-13-28-20(19(18)14-27)26-29(22(31)21(28)30)12-17-6-4-15(2)5-7-17/h4-7,10-11,18-19H,3,8-9,12-14H2,1-2H3/t18-,19+/m1/s1. The van der Waals surface area contributed by atoms with E-state index >= 15 is 0 Å². The third kappa shape index (κ3) is 3.56. The summed E-state index contributed by atoms with van der Waals surface area (Å²) in [6.07, 6.45) is 5.57. The second-order valence-electron chi connectivity index (χ2n) is 8.57. The third-order valence-electron chi connectivity index (χ3n) is 6.50. The first-order valence-electron chi connectivity index (χ1n) is 10.9. The summed E-state index contributed by atoms with van der Waals surface area (Å²) < 4.78 is 2.92. The van der Waals surface area contributed by atoms with E-state index in [1.165, 1.54) is 4.68 Å². The number of fused-ring (bicyclic) bond motifs is 3. The molecule has 2 atom stereocenters. The number of hydrogen-bond acceptors (Lipinski definition) is 6. The smallest absolute Gasteiger partial charge is 0.332 e. The van der Waals surface area contributed by atoms with Gasteiger partial charge in [0.05, 0.1) is 6.54 Å². The maximum Gasteiger partial charge on any atom is 0.332 e. The summed E-state index contributed by atoms with van der Waals surface area (Å²) in [6.45, 7) is 6.50. The van der Waals surface area contributed by atoms with Gasteiger partial charge in [-0.15, -0.1) is 0 Å². The van der Waals surface area contributed by atoms with Crippen LogP contribution in [0.15, 0.2) is 46.2 Å². The van der Waals surface area contributed by atoms with Gasteiger partial charge in [0.25, 0.3) is 0 Å². The topological polar surface area (TPSA) is 85.9 Å². The molecule has 1 saturated heterocycles. The van der Waals surface area contributed by atoms with E-state index in [1.807, 2.05) is 43.6 Å². The number of piperidine rings is 1. The van der Waals surface area contributed by atoms with Crippen molar-refractivity contribution in [1.29, 1.82) is 0 Å². The molecule has 0 unspecified atom stereocenters. The maximum atomic E-state index is 12.8. The van der Waals surface area contributed by atoms with Gasteiger partial charge in [-0.2, -0.15) is 5.10 Å². The van der Waals surface area contributed by atoms with Gasteiger partial charge in [0.1, 0.15) is 5.82 Å². The van der Waals surface area contributed by atoms with E-state index < -0.39 is 11.1 Å². The van der Waals surface area contributed by atoms with Crippen molar-refractivity contribution in [2.45, 2.75) is 45.7 Å². The van der Waals surface area contributed by atoms with E-state index in [-0.39, 0.29) is 5.92 Å². The fourth-order valence-electron chi connectivity index (χ4n) is 4.60. The molecule has 5 rings (SSSR count). The van der Waals surface area contributed by atoms with Crippen LogP contribution in [-0.4, -0.2) is 37.4 Å². The summed E-state index contributed by atoms with van der Waals surface area (Å²) in [5.74, 6) is 1.81. The fraction of sp³-hybridized carbons (Fsp3) is 0.435. The van der Waals surface area contributed by atoms with Gasteiger partial charge in [-0.05, 0) is 36.8 Å². The van der Waals surface area contributed by atoms with Gasteiger partial charge < -0.3 is 4.90 Å². The van der Waals surface area contributed by atoms with Crippen molar-refractivity contribution in [2.24, 2.45) is 5.92 Å². The highest BCUT2D eigenvalue weighted by molar-refractivity contribution is 5.33. The fourth-order valence-corrected chi connectivity index (χ4v) is 4.60. The predicted octanol–water partition coefficient (Wildman–Crippen LogP) is 1.74. The molecule has 1 fully saturated rings. The molecule has 8 heteroatoms. The van der Waals surface area contributed by atoms with Crippen molar-refractivity contribution in [3.63, 3.8) is 0 Å². The number of anilines is 1. The summed E-state index contributed by atoms with van der Waals surface area (Å²) in [6, 6.07) is 7.94. The summed E-state index contributed by atoms with van der Waals surface area (Å²) in [7, 11) is 0. The van der Waals surface area contributed by atoms with Gasteiger partial charge in [-0.25, -0.2) is 14.6 Å². The summed E-state index contributed by atoms with van der Waals surface area (Å²) in [5.41, 5.74) is 2.18. The highest BCUT2D eigenvalue weighted by Gasteiger charge is 2.40. The van der Waals surface area contributed by atoms with Crippen LogP contribution in [-0.2, 0) is 19.5 Å². The summed E-state index contributed by atoms with van der Waals surface area (Å²) >= 11 is 0. The number of hydrogen-bond donors (Lipinski definition) is 0. The molecule has 3 aromatic rings. The molecule has 1 aromatic carbocycles. The molecular weight excluding hydrogens is 392 g/mol. The molecule has 0 saturated carbocycles. The number of aryl methyl sites for hydroxylation is 2. The van der Waals surface area contributed by atoms with E-state index in [1.54, 1.807) is 4.57 Å². The zero-order chi connectivity index (χ0) is 21.5. The molecule has 2 aliphatic heterocycles. The van der Waals surface area contributed by atoms with Gasteiger partial charge in [-0.1, -0.05) is 36.8 Å². The minimum atomic E-state index is -0.557. The average Bonchev–Trinajstić information content (AvgIpc) is 3.17. The molecule has 0 aliphatic carbocycles. The van der Waals surface area contributed by atoms with Crippen LogP contribution >= 0.6 is 0 Å². The van der Waals surface area contributed by atoms with Crippen LogP contribution in [0.4, 0.5) is 5.95 Å². The number of benzene rings is 1. The number of nitrogens with zero attached hydrogens (tertiary/aromatic N) is 6. The first-order chi connectivity index (χ1) is 15.0. The molecule has 0 amide bonds. The highest BCUT2D eigenvalue weighted by Crippen LogP contribution is 2.37. The zero-order valence-electron chi connectivity index (χ0n) is 17.9. The van der Waals surface area contributed by atoms with Gasteiger partial charge in [0.15, 0.2) is 0 Å². The number of rotatable bonds is 4. The summed E-state index contributed by atoms with van der Waals surface area (Å²) in [4.78, 5) is 36.7. The van der Waals surface area contributed by atoms with Crippen molar-refractivity contribution in [2.75, 3.05) is 18.0 Å². The molecule has 8 nitrogen and oxygen atoms in total. The molecule has 2 aromatic heterocycles. The molecule has 160 valence electrons. The quantitative estimate of drug-likeness (QED) is 0.600. The van der Waals surface area contributed by atoms with Crippen molar-refractivity contribution in [3.8, 4) is 0 Å². The molecule has 2 aliphatic rings. The van der Waals surface area contributed by atoms with Crippen LogP contribution in [0.1, 0.15) is 41.8 Å². The Morgan fingerprint density at radius 2 is 1.74 bits per heavy atom. The Labute approximate surface area is 180 Å². The van der Waals surface area contributed by atoms with Gasteiger partial charge in [0.2, 0.25) is 5.95 Å². The van der Waals surface area contributed by atoms with E-state index in [0.29, 0.717) is 37.3 Å². The Kier molecular flexibility index (Phi) is 4.92. The predicted molar refractivity (Wildman–Crippen MR) is 118 cm³/mol. The van der Waals surface area contributed by atoms with Gasteiger partial charge >= 0.3 is 11.1 Å². The first kappa shape index (κ1) is 19.7. The van der Waals surface area contributed by atoms with Crippen molar-refractivity contribution < 1.29 is 0 Å². The Balaban J connectivity index is 1.45. The molecule has 31 heavy (non-hydrogen) atoms. The highest BCUT2D eigenvalue weighted by atomic mass is 16.2. The van der Waals surface area contributed by atoms with Crippen LogP contribution in [0.2, 0.25) is 0 Å². The van der Waals surface area contributed by atoms with Crippen LogP contribution in [0.3, 0.4) is 0 Å². The second kappa shape index (κ2) is 7.76. The molecule has 0 bridgehead atoms. The normalized spacial score (nSPS) is 19.9. The van der Waals surface area contributed by atoms with E-state index in [2.05, 4.69) is 26.9 Å². The Bertz CT molecular complexity index is 1210. The lowest BCUT2D eigenvalue weighted by Gasteiger charge is -2.34. The summed E-state index contributed by atoms with van der Waals surface area (Å²) in [5, 5.41) is 4.67. The Morgan fingerprint density at radius 3 is 2.45 bits per heavy atom. The minimum Gasteiger partial charge on any atom is -0.340 e. The molecular formula is C23H26N6O2. The third-order valence-corrected chi connectivity index (χ3v) is 6.50. The molecule has 0 spiro atoms. The lowest BCUT2D eigenvalue weighted by atomic mass is 9.88.